The molecule has 7 heteroatoms. The number of hydrogen-bond donors (Lipinski definition) is 2. The van der Waals surface area contributed by atoms with Gasteiger partial charge < -0.3 is 19.6 Å². The third-order valence-corrected chi connectivity index (χ3v) is 6.47. The Balaban J connectivity index is 1.40. The summed E-state index contributed by atoms with van der Waals surface area (Å²) in [5.41, 5.74) is 2.49. The first-order chi connectivity index (χ1) is 14.7. The number of carbonyl (C=O) groups is 2. The molecule has 1 aliphatic heterocycles. The standard InChI is InChI=1S/C23H27N3O3S/c1-30-14-10-20(25-22(27)21-7-4-13-29-21)23(28)26-11-8-16(9-12-26)18-15-24-19-6-3-2-5-17(18)19/h2-7,13,15-16,20,24H,8-12,14H2,1H3,(H,25,27). The second-order valence-electron chi connectivity index (χ2n) is 7.67. The number of para-hydroxylation sites is 1. The molecule has 1 aliphatic rings. The van der Waals surface area contributed by atoms with Crippen LogP contribution in [0.15, 0.2) is 53.3 Å². The highest BCUT2D eigenvalue weighted by molar-refractivity contribution is 7.98. The number of nitrogens with zero attached hydrogens (tertiary/aromatic N) is 1. The van der Waals surface area contributed by atoms with Gasteiger partial charge in [0.15, 0.2) is 5.76 Å². The van der Waals surface area contributed by atoms with Crippen LogP contribution in [0.5, 0.6) is 0 Å². The van der Waals surface area contributed by atoms with E-state index in [1.165, 1.54) is 17.2 Å². The van der Waals surface area contributed by atoms with Crippen molar-refractivity contribution in [3.63, 3.8) is 0 Å². The number of carbonyl (C=O) groups excluding carboxylic acids is 2. The van der Waals surface area contributed by atoms with Crippen LogP contribution < -0.4 is 5.32 Å². The number of furan rings is 1. The largest absolute Gasteiger partial charge is 0.459 e. The molecule has 0 spiro atoms. The van der Waals surface area contributed by atoms with E-state index in [2.05, 4.69) is 34.7 Å². The van der Waals surface area contributed by atoms with Crippen molar-refractivity contribution in [3.05, 3.63) is 60.2 Å². The molecule has 1 saturated heterocycles. The number of aromatic amines is 1. The number of rotatable bonds is 7. The van der Waals surface area contributed by atoms with Crippen LogP contribution in [0.2, 0.25) is 0 Å². The Hall–Kier alpha value is -2.67. The summed E-state index contributed by atoms with van der Waals surface area (Å²) in [6, 6.07) is 11.1. The number of aromatic nitrogens is 1. The van der Waals surface area contributed by atoms with E-state index in [0.29, 0.717) is 25.4 Å². The van der Waals surface area contributed by atoms with Crippen molar-refractivity contribution in [1.29, 1.82) is 0 Å². The van der Waals surface area contributed by atoms with Crippen LogP contribution in [0.25, 0.3) is 10.9 Å². The van der Waals surface area contributed by atoms with Crippen LogP contribution in [-0.4, -0.2) is 52.8 Å². The topological polar surface area (TPSA) is 78.3 Å². The zero-order chi connectivity index (χ0) is 20.9. The average molecular weight is 426 g/mol. The zero-order valence-corrected chi connectivity index (χ0v) is 17.9. The van der Waals surface area contributed by atoms with Gasteiger partial charge in [0.25, 0.3) is 5.91 Å². The molecule has 3 heterocycles. The number of piperidine rings is 1. The van der Waals surface area contributed by atoms with Crippen molar-refractivity contribution in [2.45, 2.75) is 31.2 Å². The second-order valence-corrected chi connectivity index (χ2v) is 8.66. The van der Waals surface area contributed by atoms with Crippen LogP contribution in [0.4, 0.5) is 0 Å². The molecular formula is C23H27N3O3S. The van der Waals surface area contributed by atoms with E-state index in [1.54, 1.807) is 23.9 Å². The first-order valence-electron chi connectivity index (χ1n) is 10.4. The summed E-state index contributed by atoms with van der Waals surface area (Å²) in [5, 5.41) is 4.14. The van der Waals surface area contributed by atoms with E-state index in [-0.39, 0.29) is 17.6 Å². The summed E-state index contributed by atoms with van der Waals surface area (Å²) < 4.78 is 5.17. The molecule has 1 unspecified atom stereocenters. The lowest BCUT2D eigenvalue weighted by molar-refractivity contribution is -0.134. The Bertz CT molecular complexity index is 990. The fourth-order valence-electron chi connectivity index (χ4n) is 4.19. The third-order valence-electron chi connectivity index (χ3n) is 5.83. The minimum absolute atomic E-state index is 0.00123. The molecule has 2 amide bonds. The van der Waals surface area contributed by atoms with Crippen LogP contribution in [0, 0.1) is 0 Å². The number of likely N-dealkylation sites (tertiary alicyclic amines) is 1. The van der Waals surface area contributed by atoms with Gasteiger partial charge in [0.2, 0.25) is 5.91 Å². The molecule has 2 N–H and O–H groups in total. The Kier molecular flexibility index (Phi) is 6.47. The van der Waals surface area contributed by atoms with Gasteiger partial charge in [0.1, 0.15) is 6.04 Å². The van der Waals surface area contributed by atoms with Crippen molar-refractivity contribution >= 4 is 34.5 Å². The van der Waals surface area contributed by atoms with Crippen LogP contribution >= 0.6 is 11.8 Å². The fourth-order valence-corrected chi connectivity index (χ4v) is 4.66. The molecule has 3 aromatic rings. The molecule has 30 heavy (non-hydrogen) atoms. The monoisotopic (exact) mass is 425 g/mol. The summed E-state index contributed by atoms with van der Waals surface area (Å²) in [7, 11) is 0. The number of fused-ring (bicyclic) bond motifs is 1. The van der Waals surface area contributed by atoms with Gasteiger partial charge >= 0.3 is 0 Å². The summed E-state index contributed by atoms with van der Waals surface area (Å²) in [6.45, 7) is 1.41. The summed E-state index contributed by atoms with van der Waals surface area (Å²) in [6.07, 6.45) is 8.03. The average Bonchev–Trinajstić information content (AvgIpc) is 3.46. The van der Waals surface area contributed by atoms with E-state index in [1.807, 2.05) is 17.2 Å². The molecule has 1 aromatic carbocycles. The minimum Gasteiger partial charge on any atom is -0.459 e. The Morgan fingerprint density at radius 1 is 1.23 bits per heavy atom. The highest BCUT2D eigenvalue weighted by Crippen LogP contribution is 2.33. The molecule has 2 aromatic heterocycles. The van der Waals surface area contributed by atoms with Gasteiger partial charge in [-0.1, -0.05) is 18.2 Å². The van der Waals surface area contributed by atoms with Crippen molar-refractivity contribution in [3.8, 4) is 0 Å². The first kappa shape index (κ1) is 20.6. The van der Waals surface area contributed by atoms with Gasteiger partial charge in [-0.2, -0.15) is 11.8 Å². The lowest BCUT2D eigenvalue weighted by Gasteiger charge is -2.34. The molecule has 6 nitrogen and oxygen atoms in total. The number of amides is 2. The predicted octanol–water partition coefficient (Wildman–Crippen LogP) is 4.02. The lowest BCUT2D eigenvalue weighted by Crippen LogP contribution is -2.50. The van der Waals surface area contributed by atoms with Gasteiger partial charge in [-0.05, 0) is 61.0 Å². The van der Waals surface area contributed by atoms with Gasteiger partial charge in [-0.15, -0.1) is 0 Å². The fraction of sp³-hybridized carbons (Fsp3) is 0.391. The molecule has 0 bridgehead atoms. The Morgan fingerprint density at radius 3 is 2.77 bits per heavy atom. The molecule has 1 atom stereocenters. The number of benzene rings is 1. The van der Waals surface area contributed by atoms with Crippen molar-refractivity contribution in [2.75, 3.05) is 25.1 Å². The Morgan fingerprint density at radius 2 is 2.03 bits per heavy atom. The first-order valence-corrected chi connectivity index (χ1v) is 11.7. The SMILES string of the molecule is CSCCC(NC(=O)c1ccco1)C(=O)N1CCC(c2c[nH]c3ccccc23)CC1. The van der Waals surface area contributed by atoms with E-state index in [4.69, 9.17) is 4.42 Å². The third kappa shape index (κ3) is 4.41. The van der Waals surface area contributed by atoms with E-state index >= 15 is 0 Å². The van der Waals surface area contributed by atoms with Gasteiger partial charge in [0, 0.05) is 30.2 Å². The predicted molar refractivity (Wildman–Crippen MR) is 120 cm³/mol. The van der Waals surface area contributed by atoms with Gasteiger partial charge in [-0.3, -0.25) is 9.59 Å². The maximum Gasteiger partial charge on any atom is 0.287 e. The van der Waals surface area contributed by atoms with Crippen molar-refractivity contribution in [2.24, 2.45) is 0 Å². The van der Waals surface area contributed by atoms with Gasteiger partial charge in [0.05, 0.1) is 6.26 Å². The minimum atomic E-state index is -0.528. The molecule has 0 aliphatic carbocycles. The lowest BCUT2D eigenvalue weighted by atomic mass is 9.89. The highest BCUT2D eigenvalue weighted by atomic mass is 32.2. The molecule has 158 valence electrons. The number of nitrogens with one attached hydrogen (secondary N) is 2. The summed E-state index contributed by atoms with van der Waals surface area (Å²) in [4.78, 5) is 30.9. The quantitative estimate of drug-likeness (QED) is 0.599. The maximum atomic E-state index is 13.2. The van der Waals surface area contributed by atoms with Crippen molar-refractivity contribution < 1.29 is 14.0 Å². The molecule has 0 saturated carbocycles. The van der Waals surface area contributed by atoms with E-state index < -0.39 is 6.04 Å². The second kappa shape index (κ2) is 9.43. The van der Waals surface area contributed by atoms with E-state index in [9.17, 15) is 9.59 Å². The van der Waals surface area contributed by atoms with Crippen LogP contribution in [0.1, 0.15) is 41.3 Å². The number of hydrogen-bond acceptors (Lipinski definition) is 4. The van der Waals surface area contributed by atoms with Crippen molar-refractivity contribution in [1.82, 2.24) is 15.2 Å². The van der Waals surface area contributed by atoms with Crippen LogP contribution in [-0.2, 0) is 4.79 Å². The molecule has 0 radical (unpaired) electrons. The number of thioether (sulfide) groups is 1. The summed E-state index contributed by atoms with van der Waals surface area (Å²) >= 11 is 1.67. The number of H-pyrrole nitrogens is 1. The highest BCUT2D eigenvalue weighted by Gasteiger charge is 2.30. The zero-order valence-electron chi connectivity index (χ0n) is 17.1. The Labute approximate surface area is 180 Å². The maximum absolute atomic E-state index is 13.2. The normalized spacial score (nSPS) is 16.0. The van der Waals surface area contributed by atoms with E-state index in [0.717, 1.165) is 24.1 Å². The molecule has 1 fully saturated rings. The molecule has 4 rings (SSSR count). The smallest absolute Gasteiger partial charge is 0.287 e. The summed E-state index contributed by atoms with van der Waals surface area (Å²) in [5.74, 6) is 1.14. The molecular weight excluding hydrogens is 398 g/mol. The van der Waals surface area contributed by atoms with Crippen LogP contribution in [0.3, 0.4) is 0 Å². The van der Waals surface area contributed by atoms with Gasteiger partial charge in [-0.25, -0.2) is 0 Å².